The van der Waals surface area contributed by atoms with E-state index in [1.807, 2.05) is 72.8 Å². The maximum absolute atomic E-state index is 17.0. The van der Waals surface area contributed by atoms with E-state index in [1.165, 1.54) is 34.1 Å². The van der Waals surface area contributed by atoms with Crippen molar-refractivity contribution in [2.75, 3.05) is 36.0 Å². The van der Waals surface area contributed by atoms with E-state index < -0.39 is 59.3 Å². The number of benzene rings is 13. The minimum absolute atomic E-state index is 0.0496. The summed E-state index contributed by atoms with van der Waals surface area (Å²) in [7, 11) is 0. The number of hydrogen-bond donors (Lipinski definition) is 2. The number of ether oxygens (including phenoxy) is 4. The van der Waals surface area contributed by atoms with Gasteiger partial charge in [-0.25, -0.2) is 0 Å². The number of anilines is 2. The molecule has 13 aromatic rings. The van der Waals surface area contributed by atoms with Gasteiger partial charge >= 0.3 is 0 Å². The van der Waals surface area contributed by atoms with E-state index >= 15 is 28.8 Å². The summed E-state index contributed by atoms with van der Waals surface area (Å²) in [6.45, 7) is 18.6. The van der Waals surface area contributed by atoms with Gasteiger partial charge in [-0.15, -0.1) is 0 Å². The predicted octanol–water partition coefficient (Wildman–Crippen LogP) is 21.5. The number of rotatable bonds is 38. The third kappa shape index (κ3) is 18.9. The smallest absolute Gasteiger partial charge is 0.262 e. The molecule has 0 aromatic heterocycles. The van der Waals surface area contributed by atoms with Crippen molar-refractivity contribution in [1.82, 2.24) is 20.4 Å². The van der Waals surface area contributed by atoms with E-state index in [1.54, 1.807) is 159 Å². The fourth-order valence-corrected chi connectivity index (χ4v) is 16.9. The van der Waals surface area contributed by atoms with Gasteiger partial charge in [0.25, 0.3) is 47.3 Å². The van der Waals surface area contributed by atoms with Crippen molar-refractivity contribution in [3.05, 3.63) is 345 Å². The number of allylic oxidation sites excluding steroid dienone is 2. The van der Waals surface area contributed by atoms with Crippen LogP contribution in [-0.2, 0) is 67.3 Å². The highest BCUT2D eigenvalue weighted by Crippen LogP contribution is 2.58. The molecule has 8 amide bonds. The maximum Gasteiger partial charge on any atom is 0.262 e. The zero-order chi connectivity index (χ0) is 90.1. The standard InChI is InChI=1S/C104H86Cl4N6O14/c1-7-111(71-29-17-11-18-30-71)103(123)81(55-69-23-13-9-14-24-69)113-99(119)77-57-85(125-73-43-35-65(36-44-73)27-21-33-83(115)61(3)105)91-93-87(127-75-47-39-67(40-48-75)51-53-109-97(117)63(5)107)59-79-90-80(102(122)114(101(79)121)82(56-70-25-15-10-16-26-70)104(124)112(8-2)72-31-19-12-20-32-72)60-88(128-76-49-41-68(42-50-76)52-54-110-98(118)64(6)108)94(96(90)93)92-86(58-78(100(113)120)89(77)95(91)92)126-74-45-37-66(38-46-74)28-22-34-84(116)62(4)106/h9-20,23-26,29-32,35-50,57-60,81-82H,3-8,21-22,27-28,33-34,51-56H2,1-2H3,(H,109,117)(H,110,118). The van der Waals surface area contributed by atoms with Gasteiger partial charge in [0.15, 0.2) is 11.6 Å². The molecule has 13 aromatic carbocycles. The van der Waals surface area contributed by atoms with Gasteiger partial charge in [-0.3, -0.25) is 57.7 Å². The number of nitrogens with zero attached hydrogens (tertiary/aromatic N) is 4. The van der Waals surface area contributed by atoms with Gasteiger partial charge in [0.2, 0.25) is 0 Å². The van der Waals surface area contributed by atoms with Crippen molar-refractivity contribution in [3.8, 4) is 46.0 Å². The normalized spacial score (nSPS) is 12.7. The van der Waals surface area contributed by atoms with Crippen molar-refractivity contribution in [1.29, 1.82) is 0 Å². The third-order valence-corrected chi connectivity index (χ3v) is 23.6. The Labute approximate surface area is 758 Å². The molecule has 0 radical (unpaired) electrons. The van der Waals surface area contributed by atoms with Crippen LogP contribution < -0.4 is 39.4 Å². The zero-order valence-corrected chi connectivity index (χ0v) is 73.0. The van der Waals surface area contributed by atoms with E-state index in [0.29, 0.717) is 61.0 Å². The van der Waals surface area contributed by atoms with Gasteiger partial charge in [-0.05, 0) is 183 Å². The summed E-state index contributed by atoms with van der Waals surface area (Å²) in [4.78, 5) is 156. The number of amides is 8. The number of para-hydroxylation sites is 2. The number of likely N-dealkylation sites (N-methyl/N-ethyl adjacent to an activating group) is 2. The summed E-state index contributed by atoms with van der Waals surface area (Å²) in [5.41, 5.74) is 4.96. The fourth-order valence-electron chi connectivity index (χ4n) is 16.6. The van der Waals surface area contributed by atoms with Crippen LogP contribution in [0.3, 0.4) is 0 Å². The van der Waals surface area contributed by atoms with Gasteiger partial charge < -0.3 is 39.4 Å². The third-order valence-electron chi connectivity index (χ3n) is 22.8. The lowest BCUT2D eigenvalue weighted by atomic mass is 9.80. The molecule has 0 fully saturated rings. The van der Waals surface area contributed by atoms with Crippen LogP contribution in [0.5, 0.6) is 46.0 Å². The average Bonchev–Trinajstić information content (AvgIpc) is 0.669. The van der Waals surface area contributed by atoms with Crippen molar-refractivity contribution in [2.24, 2.45) is 0 Å². The van der Waals surface area contributed by atoms with Crippen LogP contribution in [0.25, 0.3) is 43.1 Å². The molecule has 0 saturated carbocycles. The van der Waals surface area contributed by atoms with Crippen LogP contribution in [0.2, 0.25) is 0 Å². The molecule has 0 spiro atoms. The van der Waals surface area contributed by atoms with Gasteiger partial charge in [-0.2, -0.15) is 0 Å². The quantitative estimate of drug-likeness (QED) is 0.0158. The number of nitrogens with one attached hydrogen (secondary N) is 2. The molecule has 0 bridgehead atoms. The van der Waals surface area contributed by atoms with Crippen molar-refractivity contribution < 1.29 is 66.9 Å². The number of aryl methyl sites for hydroxylation is 2. The molecule has 644 valence electrons. The predicted molar refractivity (Wildman–Crippen MR) is 501 cm³/mol. The molecule has 2 aliphatic rings. The number of ketones is 2. The second-order valence-electron chi connectivity index (χ2n) is 31.1. The summed E-state index contributed by atoms with van der Waals surface area (Å²) in [5.74, 6) is -5.78. The highest BCUT2D eigenvalue weighted by molar-refractivity contribution is 6.46. The number of halogens is 4. The van der Waals surface area contributed by atoms with E-state index in [9.17, 15) is 19.2 Å². The van der Waals surface area contributed by atoms with Crippen LogP contribution in [0.4, 0.5) is 11.4 Å². The summed E-state index contributed by atoms with van der Waals surface area (Å²) >= 11 is 24.0. The lowest BCUT2D eigenvalue weighted by Gasteiger charge is -2.37. The molecule has 2 atom stereocenters. The van der Waals surface area contributed by atoms with Gasteiger partial charge in [0.05, 0.1) is 42.4 Å². The Morgan fingerprint density at radius 1 is 0.336 bits per heavy atom. The molecule has 2 heterocycles. The van der Waals surface area contributed by atoms with E-state index in [2.05, 4.69) is 36.9 Å². The first-order valence-corrected chi connectivity index (χ1v) is 43.4. The Kier molecular flexibility index (Phi) is 27.2. The van der Waals surface area contributed by atoms with Gasteiger partial charge in [0.1, 0.15) is 58.1 Å². The molecule has 0 saturated heterocycles. The Bertz CT molecular complexity index is 5920. The SMILES string of the molecule is C=C(Cl)C(=O)CCCc1ccc(Oc2cc3c4c(cc(Oc5ccc(CCCC(=O)C(=C)Cl)cc5)c5c6c(Oc7ccc(CCNC(=O)C(=C)Cl)cc7)cc7c8c(cc(Oc9ccc(CCNC(=O)C(=C)Cl)cc9)c(c2c45)c86)C(=O)N(C(Cc2ccccc2)C(=O)N(CC)c2ccccc2)C7=O)C(=O)N(C(Cc2ccccc2)C(=O)N(CC)c2ccccc2)C3=O)cc1. The maximum atomic E-state index is 17.0. The largest absolute Gasteiger partial charge is 0.457 e. The topological polar surface area (TPSA) is 245 Å². The second-order valence-corrected chi connectivity index (χ2v) is 32.9. The molecule has 2 unspecified atom stereocenters. The second kappa shape index (κ2) is 39.3. The van der Waals surface area contributed by atoms with Gasteiger partial charge in [0, 0.05) is 106 Å². The number of carbonyl (C=O) groups is 10. The number of hydrogen-bond acceptors (Lipinski definition) is 14. The Hall–Kier alpha value is -14.0. The monoisotopic (exact) mass is 1780 g/mol. The van der Waals surface area contributed by atoms with E-state index in [4.69, 9.17) is 65.4 Å². The van der Waals surface area contributed by atoms with Crippen LogP contribution in [-0.4, -0.2) is 107 Å². The minimum Gasteiger partial charge on any atom is -0.457 e. The summed E-state index contributed by atoms with van der Waals surface area (Å²) in [5, 5.41) is 5.97. The molecule has 128 heavy (non-hydrogen) atoms. The first-order chi connectivity index (χ1) is 61.9. The van der Waals surface area contributed by atoms with E-state index in [-0.39, 0.29) is 195 Å². The van der Waals surface area contributed by atoms with Crippen molar-refractivity contribution in [2.45, 2.75) is 90.1 Å². The number of fused-ring (bicyclic) bond motifs is 2. The molecule has 2 aliphatic heterocycles. The molecule has 15 rings (SSSR count). The van der Waals surface area contributed by atoms with Crippen LogP contribution in [0.15, 0.2) is 289 Å². The van der Waals surface area contributed by atoms with Crippen LogP contribution in [0, 0.1) is 0 Å². The molecular weight excluding hydrogens is 1700 g/mol. The average molecular weight is 1790 g/mol. The first-order valence-electron chi connectivity index (χ1n) is 41.9. The summed E-state index contributed by atoms with van der Waals surface area (Å²) in [6.07, 6.45) is 2.37. The lowest BCUT2D eigenvalue weighted by Crippen LogP contribution is -2.55. The van der Waals surface area contributed by atoms with E-state index in [0.717, 1.165) is 32.1 Å². The number of Topliss-reactive ketones (excluding diaryl/α,β-unsaturated/α-hetero) is 2. The van der Waals surface area contributed by atoms with Gasteiger partial charge in [-0.1, -0.05) is 218 Å². The number of carbonyl (C=O) groups excluding carboxylic acids is 10. The Balaban J connectivity index is 1.06. The molecular formula is C104H86Cl4N6O14. The van der Waals surface area contributed by atoms with Crippen molar-refractivity contribution in [3.63, 3.8) is 0 Å². The van der Waals surface area contributed by atoms with Crippen LogP contribution in [0.1, 0.15) is 114 Å². The molecule has 20 nitrogen and oxygen atoms in total. The van der Waals surface area contributed by atoms with Crippen molar-refractivity contribution >= 4 is 160 Å². The summed E-state index contributed by atoms with van der Waals surface area (Å²) < 4.78 is 29.7. The van der Waals surface area contributed by atoms with Crippen LogP contribution >= 0.6 is 46.4 Å². The number of imide groups is 2. The highest BCUT2D eigenvalue weighted by Gasteiger charge is 2.48. The molecule has 2 N–H and O–H groups in total. The minimum atomic E-state index is -1.53. The Morgan fingerprint density at radius 3 is 0.859 bits per heavy atom. The highest BCUT2D eigenvalue weighted by atomic mass is 35.5. The lowest BCUT2D eigenvalue weighted by molar-refractivity contribution is -0.123. The zero-order valence-electron chi connectivity index (χ0n) is 70.0. The molecule has 24 heteroatoms. The fraction of sp³-hybridized carbons (Fsp3) is 0.173. The Morgan fingerprint density at radius 2 is 0.602 bits per heavy atom. The molecule has 0 aliphatic carbocycles. The summed E-state index contributed by atoms with van der Waals surface area (Å²) in [6, 6.07) is 67.2. The first kappa shape index (κ1) is 88.8.